The number of nitrogens with one attached hydrogen (secondary N) is 1. The van der Waals surface area contributed by atoms with Gasteiger partial charge in [-0.25, -0.2) is 0 Å². The van der Waals surface area contributed by atoms with Gasteiger partial charge in [0.25, 0.3) is 5.91 Å². The molecule has 140 valence electrons. The molecule has 3 nitrogen and oxygen atoms in total. The highest BCUT2D eigenvalue weighted by Gasteiger charge is 2.48. The summed E-state index contributed by atoms with van der Waals surface area (Å²) in [6.07, 6.45) is 5.06. The molecule has 1 N–H and O–H groups in total. The lowest BCUT2D eigenvalue weighted by Gasteiger charge is -2.56. The van der Waals surface area contributed by atoms with E-state index in [1.165, 1.54) is 54.4 Å². The van der Waals surface area contributed by atoms with Gasteiger partial charge in [0.2, 0.25) is 0 Å². The van der Waals surface area contributed by atoms with E-state index in [2.05, 4.69) is 48.3 Å². The van der Waals surface area contributed by atoms with Gasteiger partial charge in [0.05, 0.1) is 4.88 Å². The first-order valence-corrected chi connectivity index (χ1v) is 10.4. The van der Waals surface area contributed by atoms with Gasteiger partial charge in [-0.2, -0.15) is 0 Å². The van der Waals surface area contributed by atoms with Gasteiger partial charge in [-0.05, 0) is 87.5 Å². The van der Waals surface area contributed by atoms with Crippen molar-refractivity contribution in [2.45, 2.75) is 57.0 Å². The zero-order chi connectivity index (χ0) is 17.2. The first-order chi connectivity index (χ1) is 12.0. The van der Waals surface area contributed by atoms with Gasteiger partial charge in [0.15, 0.2) is 0 Å². The number of rotatable bonds is 3. The Morgan fingerprint density at radius 3 is 2.54 bits per heavy atom. The van der Waals surface area contributed by atoms with Crippen molar-refractivity contribution >= 4 is 39.7 Å². The molecule has 3 saturated heterocycles. The average Bonchev–Trinajstić information content (AvgIpc) is 3.36. The summed E-state index contributed by atoms with van der Waals surface area (Å²) in [6.45, 7) is 6.93. The van der Waals surface area contributed by atoms with Crippen LogP contribution in [0.1, 0.15) is 60.7 Å². The van der Waals surface area contributed by atoms with Gasteiger partial charge in [-0.3, -0.25) is 9.69 Å². The Balaban J connectivity index is 0.00000168. The van der Waals surface area contributed by atoms with Crippen LogP contribution in [0, 0.1) is 5.92 Å². The molecule has 1 saturated carbocycles. The van der Waals surface area contributed by atoms with Crippen molar-refractivity contribution in [3.63, 3.8) is 0 Å². The lowest BCUT2D eigenvalue weighted by atomic mass is 9.72. The first kappa shape index (κ1) is 18.3. The van der Waals surface area contributed by atoms with Gasteiger partial charge >= 0.3 is 0 Å². The molecule has 4 fully saturated rings. The molecule has 0 unspecified atom stereocenters. The van der Waals surface area contributed by atoms with Gasteiger partial charge < -0.3 is 5.32 Å². The van der Waals surface area contributed by atoms with E-state index in [-0.39, 0.29) is 29.9 Å². The van der Waals surface area contributed by atoms with Crippen LogP contribution < -0.4 is 5.32 Å². The summed E-state index contributed by atoms with van der Waals surface area (Å²) in [5, 5.41) is 4.60. The molecule has 3 aliphatic heterocycles. The van der Waals surface area contributed by atoms with E-state index in [4.69, 9.17) is 0 Å². The van der Waals surface area contributed by atoms with E-state index >= 15 is 0 Å². The van der Waals surface area contributed by atoms with E-state index in [9.17, 15) is 4.79 Å². The fraction of sp³-hybridized carbons (Fsp3) is 0.571. The van der Waals surface area contributed by atoms with E-state index in [1.807, 2.05) is 0 Å². The van der Waals surface area contributed by atoms with Crippen LogP contribution in [0.2, 0.25) is 0 Å². The Morgan fingerprint density at radius 2 is 1.88 bits per heavy atom. The van der Waals surface area contributed by atoms with Crippen LogP contribution in [-0.4, -0.2) is 35.5 Å². The molecule has 4 aliphatic rings. The monoisotopic (exact) mass is 390 g/mol. The third kappa shape index (κ3) is 2.96. The molecular weight excluding hydrogens is 364 g/mol. The number of halogens is 1. The molecule has 0 spiro atoms. The van der Waals surface area contributed by atoms with Crippen LogP contribution in [0.15, 0.2) is 24.3 Å². The average molecular weight is 391 g/mol. The van der Waals surface area contributed by atoms with Crippen LogP contribution >= 0.6 is 23.7 Å². The minimum absolute atomic E-state index is 0. The van der Waals surface area contributed by atoms with E-state index in [1.54, 1.807) is 11.3 Å². The lowest BCUT2D eigenvalue weighted by molar-refractivity contribution is -0.0377. The maximum absolute atomic E-state index is 13.0. The maximum atomic E-state index is 13.0. The number of piperidine rings is 3. The van der Waals surface area contributed by atoms with Crippen LogP contribution in [0.25, 0.3) is 10.1 Å². The molecule has 5 heteroatoms. The van der Waals surface area contributed by atoms with E-state index < -0.39 is 0 Å². The first-order valence-electron chi connectivity index (χ1n) is 9.62. The SMILES string of the molecule is CC1(C)[C@H](NC(=O)c2cc3ccc(C4CC4)cc3s2)C2CCN1CC2.Cl. The Morgan fingerprint density at radius 1 is 1.15 bits per heavy atom. The normalized spacial score (nSPS) is 29.4. The summed E-state index contributed by atoms with van der Waals surface area (Å²) in [4.78, 5) is 16.4. The van der Waals surface area contributed by atoms with Crippen molar-refractivity contribution in [1.29, 1.82) is 0 Å². The van der Waals surface area contributed by atoms with Crippen LogP contribution in [0.4, 0.5) is 0 Å². The number of hydrogen-bond acceptors (Lipinski definition) is 3. The van der Waals surface area contributed by atoms with Gasteiger partial charge in [0.1, 0.15) is 0 Å². The standard InChI is InChI=1S/C21H26N2OS.ClH/c1-21(2)19(14-7-9-23(21)10-8-14)22-20(24)18-12-16-6-5-15(13-3-4-13)11-17(16)25-18;/h5-6,11-14,19H,3-4,7-10H2,1-2H3,(H,22,24);1H/t19-;/m1./s1. The number of carbonyl (C=O) groups excluding carboxylic acids is 1. The fourth-order valence-electron chi connectivity index (χ4n) is 4.92. The zero-order valence-electron chi connectivity index (χ0n) is 15.5. The Hall–Kier alpha value is -1.10. The molecule has 6 rings (SSSR count). The molecule has 1 aliphatic carbocycles. The smallest absolute Gasteiger partial charge is 0.261 e. The molecule has 1 atom stereocenters. The van der Waals surface area contributed by atoms with Crippen molar-refractivity contribution < 1.29 is 4.79 Å². The number of hydrogen-bond donors (Lipinski definition) is 1. The number of benzene rings is 1. The molecule has 1 amide bonds. The van der Waals surface area contributed by atoms with Gasteiger partial charge in [-0.15, -0.1) is 23.7 Å². The second-order valence-corrected chi connectivity index (χ2v) is 9.70. The van der Waals surface area contributed by atoms with E-state index in [0.29, 0.717) is 5.92 Å². The largest absolute Gasteiger partial charge is 0.346 e. The molecular formula is C21H27ClN2OS. The Bertz CT molecular complexity index is 834. The van der Waals surface area contributed by atoms with Crippen molar-refractivity contribution in [3.05, 3.63) is 34.7 Å². The topological polar surface area (TPSA) is 32.3 Å². The number of amides is 1. The summed E-state index contributed by atoms with van der Waals surface area (Å²) in [5.41, 5.74) is 1.51. The zero-order valence-corrected chi connectivity index (χ0v) is 17.1. The molecule has 2 bridgehead atoms. The third-order valence-electron chi connectivity index (χ3n) is 6.69. The quantitative estimate of drug-likeness (QED) is 0.816. The van der Waals surface area contributed by atoms with Crippen molar-refractivity contribution in [3.8, 4) is 0 Å². The minimum Gasteiger partial charge on any atom is -0.346 e. The molecule has 1 aromatic carbocycles. The molecule has 1 aromatic heterocycles. The Labute approximate surface area is 165 Å². The predicted molar refractivity (Wildman–Crippen MR) is 111 cm³/mol. The molecule has 2 aromatic rings. The summed E-state index contributed by atoms with van der Waals surface area (Å²) < 4.78 is 1.25. The molecule has 26 heavy (non-hydrogen) atoms. The number of nitrogens with zero attached hydrogens (tertiary/aromatic N) is 1. The number of carbonyl (C=O) groups is 1. The van der Waals surface area contributed by atoms with Crippen LogP contribution in [0.5, 0.6) is 0 Å². The second kappa shape index (κ2) is 6.50. The van der Waals surface area contributed by atoms with Gasteiger partial charge in [-0.1, -0.05) is 12.1 Å². The fourth-order valence-corrected chi connectivity index (χ4v) is 5.93. The van der Waals surface area contributed by atoms with Crippen molar-refractivity contribution in [2.24, 2.45) is 5.92 Å². The summed E-state index contributed by atoms with van der Waals surface area (Å²) in [5.74, 6) is 1.50. The summed E-state index contributed by atoms with van der Waals surface area (Å²) in [6, 6.07) is 9.06. The number of fused-ring (bicyclic) bond motifs is 4. The van der Waals surface area contributed by atoms with Gasteiger partial charge in [0, 0.05) is 16.3 Å². The maximum Gasteiger partial charge on any atom is 0.261 e. The lowest BCUT2D eigenvalue weighted by Crippen LogP contribution is -2.69. The highest BCUT2D eigenvalue weighted by Crippen LogP contribution is 2.42. The highest BCUT2D eigenvalue weighted by atomic mass is 35.5. The van der Waals surface area contributed by atoms with E-state index in [0.717, 1.165) is 10.8 Å². The molecule has 0 radical (unpaired) electrons. The highest BCUT2D eigenvalue weighted by molar-refractivity contribution is 7.20. The number of thiophene rings is 1. The Kier molecular flexibility index (Phi) is 4.57. The third-order valence-corrected chi connectivity index (χ3v) is 7.79. The summed E-state index contributed by atoms with van der Waals surface area (Å²) >= 11 is 1.65. The predicted octanol–water partition coefficient (Wildman–Crippen LogP) is 4.80. The van der Waals surface area contributed by atoms with Crippen molar-refractivity contribution in [1.82, 2.24) is 10.2 Å². The second-order valence-electron chi connectivity index (χ2n) is 8.61. The van der Waals surface area contributed by atoms with Crippen molar-refractivity contribution in [2.75, 3.05) is 13.1 Å². The minimum atomic E-state index is 0. The summed E-state index contributed by atoms with van der Waals surface area (Å²) in [7, 11) is 0. The molecule has 4 heterocycles. The van der Waals surface area contributed by atoms with Crippen LogP contribution in [-0.2, 0) is 0 Å². The van der Waals surface area contributed by atoms with Crippen LogP contribution in [0.3, 0.4) is 0 Å².